The van der Waals surface area contributed by atoms with Gasteiger partial charge in [-0.25, -0.2) is 0 Å². The second kappa shape index (κ2) is 9.23. The van der Waals surface area contributed by atoms with Gasteiger partial charge in [-0.1, -0.05) is 36.3 Å². The third kappa shape index (κ3) is 4.13. The first kappa shape index (κ1) is 24.8. The molecule has 0 unspecified atom stereocenters. The maximum absolute atomic E-state index is 13.9. The van der Waals surface area contributed by atoms with Gasteiger partial charge < -0.3 is 10.0 Å². The summed E-state index contributed by atoms with van der Waals surface area (Å²) >= 11 is 1.60. The molecule has 1 aromatic heterocycles. The van der Waals surface area contributed by atoms with Gasteiger partial charge in [0.15, 0.2) is 11.4 Å². The maximum atomic E-state index is 13.9. The van der Waals surface area contributed by atoms with Gasteiger partial charge in [-0.2, -0.15) is 13.2 Å². The summed E-state index contributed by atoms with van der Waals surface area (Å²) in [5, 5.41) is 12.2. The van der Waals surface area contributed by atoms with Crippen molar-refractivity contribution in [3.8, 4) is 17.6 Å². The number of nitrogens with zero attached hydrogens (tertiary/aromatic N) is 3. The van der Waals surface area contributed by atoms with E-state index in [2.05, 4.69) is 11.8 Å². The molecule has 2 atom stereocenters. The summed E-state index contributed by atoms with van der Waals surface area (Å²) in [4.78, 5) is 27.1. The van der Waals surface area contributed by atoms with E-state index in [0.717, 1.165) is 34.6 Å². The van der Waals surface area contributed by atoms with Crippen LogP contribution in [0.15, 0.2) is 64.4 Å². The van der Waals surface area contributed by atoms with E-state index in [4.69, 9.17) is 0 Å². The van der Waals surface area contributed by atoms with E-state index >= 15 is 0 Å². The fourth-order valence-corrected chi connectivity index (χ4v) is 5.88. The summed E-state index contributed by atoms with van der Waals surface area (Å²) in [5.41, 5.74) is 1.91. The van der Waals surface area contributed by atoms with E-state index in [-0.39, 0.29) is 0 Å². The first-order valence-electron chi connectivity index (χ1n) is 11.5. The van der Waals surface area contributed by atoms with Gasteiger partial charge in [0.05, 0.1) is 0 Å². The minimum absolute atomic E-state index is 0.439. The molecule has 2 aliphatic rings. The van der Waals surface area contributed by atoms with Crippen molar-refractivity contribution in [3.63, 3.8) is 0 Å². The topological polar surface area (TPSA) is 65.8 Å². The number of thioether (sulfide) groups is 1. The highest BCUT2D eigenvalue weighted by atomic mass is 32.2. The van der Waals surface area contributed by atoms with Crippen LogP contribution in [-0.2, 0) is 5.75 Å². The molecule has 0 aliphatic carbocycles. The summed E-state index contributed by atoms with van der Waals surface area (Å²) in [5.74, 6) is 4.68. The van der Waals surface area contributed by atoms with Crippen LogP contribution >= 0.6 is 11.8 Å². The molecule has 0 saturated carbocycles. The van der Waals surface area contributed by atoms with Gasteiger partial charge >= 0.3 is 6.18 Å². The molecular weight excluding hydrogens is 503 g/mol. The van der Waals surface area contributed by atoms with Crippen LogP contribution in [0.4, 0.5) is 13.2 Å². The second-order valence-electron chi connectivity index (χ2n) is 8.78. The third-order valence-electron chi connectivity index (χ3n) is 6.66. The lowest BCUT2D eigenvalue weighted by Crippen LogP contribution is -2.60. The number of pyridine rings is 1. The molecule has 2 aromatic carbocycles. The Hall–Kier alpha value is -3.84. The standard InChI is InChI=1S/C27H22F3N3O3S/c1-3-7-17-8-6-9-18-14-37-21-11-5-4-10-19(21)23(22(17)18)33-15-31(16(2)27(28,29)30)26(36)24-25(35)20(34)12-13-32(24)33/h4-6,8-13,16,23,35H,14-15H2,1-2H3/t16-,23-/m1/s1. The monoisotopic (exact) mass is 525 g/mol. The van der Waals surface area contributed by atoms with E-state index in [1.165, 1.54) is 10.9 Å². The van der Waals surface area contributed by atoms with E-state index in [9.17, 15) is 27.9 Å². The van der Waals surface area contributed by atoms with Gasteiger partial charge in [0.25, 0.3) is 5.91 Å². The Morgan fingerprint density at radius 3 is 2.59 bits per heavy atom. The number of fused-ring (bicyclic) bond motifs is 3. The first-order chi connectivity index (χ1) is 17.6. The normalized spacial score (nSPS) is 17.6. The van der Waals surface area contributed by atoms with Crippen LogP contribution in [-0.4, -0.2) is 39.5 Å². The Labute approximate surface area is 215 Å². The van der Waals surface area contributed by atoms with Crippen molar-refractivity contribution in [2.45, 2.75) is 42.8 Å². The third-order valence-corrected chi connectivity index (χ3v) is 7.80. The summed E-state index contributed by atoms with van der Waals surface area (Å²) in [6.07, 6.45) is -3.40. The molecule has 1 N–H and O–H groups in total. The minimum Gasteiger partial charge on any atom is -0.502 e. The zero-order chi connectivity index (χ0) is 26.5. The van der Waals surface area contributed by atoms with Crippen molar-refractivity contribution in [2.75, 3.05) is 11.7 Å². The second-order valence-corrected chi connectivity index (χ2v) is 9.79. The highest BCUT2D eigenvalue weighted by Gasteiger charge is 2.47. The molecule has 3 heterocycles. The number of benzene rings is 2. The highest BCUT2D eigenvalue weighted by Crippen LogP contribution is 2.44. The van der Waals surface area contributed by atoms with Crippen LogP contribution < -0.4 is 10.4 Å². The van der Waals surface area contributed by atoms with Gasteiger partial charge in [-0.3, -0.25) is 19.3 Å². The molecular formula is C27H22F3N3O3S. The molecule has 1 amide bonds. The molecule has 0 fully saturated rings. The number of aromatic nitrogens is 1. The van der Waals surface area contributed by atoms with Crippen molar-refractivity contribution in [3.05, 3.63) is 92.9 Å². The van der Waals surface area contributed by atoms with Crippen LogP contribution in [0.5, 0.6) is 5.75 Å². The molecule has 5 rings (SSSR count). The van der Waals surface area contributed by atoms with E-state index < -0.39 is 47.7 Å². The Bertz CT molecular complexity index is 1520. The average molecular weight is 526 g/mol. The summed E-state index contributed by atoms with van der Waals surface area (Å²) < 4.78 is 42.9. The first-order valence-corrected chi connectivity index (χ1v) is 12.5. The Balaban J connectivity index is 1.83. The van der Waals surface area contributed by atoms with Gasteiger partial charge in [-0.05, 0) is 37.1 Å². The predicted molar refractivity (Wildman–Crippen MR) is 134 cm³/mol. The van der Waals surface area contributed by atoms with Gasteiger partial charge in [0, 0.05) is 34.0 Å². The quantitative estimate of drug-likeness (QED) is 0.495. The number of alkyl halides is 3. The number of carbonyl (C=O) groups excluding carboxylic acids is 1. The predicted octanol–water partition coefficient (Wildman–Crippen LogP) is 4.62. The van der Waals surface area contributed by atoms with Crippen molar-refractivity contribution < 1.29 is 23.1 Å². The number of halogens is 3. The van der Waals surface area contributed by atoms with Crippen molar-refractivity contribution in [1.29, 1.82) is 0 Å². The van der Waals surface area contributed by atoms with E-state index in [0.29, 0.717) is 16.2 Å². The Morgan fingerprint density at radius 2 is 1.86 bits per heavy atom. The molecule has 0 spiro atoms. The van der Waals surface area contributed by atoms with Crippen molar-refractivity contribution in [2.24, 2.45) is 0 Å². The fraction of sp³-hybridized carbons (Fsp3) is 0.259. The SMILES string of the molecule is CC#Cc1cccc2c1[C@H](N1CN([C@H](C)C(F)(F)F)C(=O)c3c(O)c(=O)ccn31)c1ccccc1SC2. The zero-order valence-corrected chi connectivity index (χ0v) is 20.7. The average Bonchev–Trinajstić information content (AvgIpc) is 3.03. The van der Waals surface area contributed by atoms with E-state index in [1.807, 2.05) is 42.5 Å². The van der Waals surface area contributed by atoms with Gasteiger partial charge in [-0.15, -0.1) is 17.7 Å². The maximum Gasteiger partial charge on any atom is 0.408 e. The molecule has 190 valence electrons. The van der Waals surface area contributed by atoms with Crippen molar-refractivity contribution in [1.82, 2.24) is 9.58 Å². The van der Waals surface area contributed by atoms with Gasteiger partial charge in [0.1, 0.15) is 18.8 Å². The van der Waals surface area contributed by atoms with Crippen LogP contribution in [0.1, 0.15) is 52.6 Å². The lowest BCUT2D eigenvalue weighted by molar-refractivity contribution is -0.173. The smallest absolute Gasteiger partial charge is 0.408 e. The summed E-state index contributed by atoms with van der Waals surface area (Å²) in [7, 11) is 0. The molecule has 6 nitrogen and oxygen atoms in total. The number of carbonyl (C=O) groups is 1. The van der Waals surface area contributed by atoms with Crippen LogP contribution in [0, 0.1) is 11.8 Å². The van der Waals surface area contributed by atoms with Crippen LogP contribution in [0.3, 0.4) is 0 Å². The molecule has 37 heavy (non-hydrogen) atoms. The summed E-state index contributed by atoms with van der Waals surface area (Å²) in [6, 6.07) is 11.5. The van der Waals surface area contributed by atoms with Crippen molar-refractivity contribution >= 4 is 17.7 Å². The fourth-order valence-electron chi connectivity index (χ4n) is 4.80. The number of hydrogen-bond donors (Lipinski definition) is 1. The molecule has 0 radical (unpaired) electrons. The lowest BCUT2D eigenvalue weighted by Gasteiger charge is -2.46. The van der Waals surface area contributed by atoms with E-state index in [1.54, 1.807) is 23.7 Å². The largest absolute Gasteiger partial charge is 0.502 e. The zero-order valence-electron chi connectivity index (χ0n) is 19.9. The molecule has 0 saturated heterocycles. The molecule has 10 heteroatoms. The number of hydrogen-bond acceptors (Lipinski definition) is 5. The minimum atomic E-state index is -4.72. The van der Waals surface area contributed by atoms with Crippen LogP contribution in [0.2, 0.25) is 0 Å². The van der Waals surface area contributed by atoms with Gasteiger partial charge in [0.2, 0.25) is 5.43 Å². The molecule has 2 aliphatic heterocycles. The molecule has 0 bridgehead atoms. The Kier molecular flexibility index (Phi) is 6.20. The van der Waals surface area contributed by atoms with Crippen LogP contribution in [0.25, 0.3) is 0 Å². The summed E-state index contributed by atoms with van der Waals surface area (Å²) in [6.45, 7) is 2.16. The molecule has 3 aromatic rings. The number of aromatic hydroxyl groups is 1. The Morgan fingerprint density at radius 1 is 1.11 bits per heavy atom. The highest BCUT2D eigenvalue weighted by molar-refractivity contribution is 7.98. The lowest BCUT2D eigenvalue weighted by atomic mass is 9.90. The number of amides is 1. The number of rotatable bonds is 2.